The lowest BCUT2D eigenvalue weighted by atomic mass is 9.95. The zero-order chi connectivity index (χ0) is 30.9. The molecule has 0 amide bonds. The molecule has 0 bridgehead atoms. The molecule has 1 aromatic heterocycles. The van der Waals surface area contributed by atoms with Gasteiger partial charge in [0.25, 0.3) is 5.56 Å². The van der Waals surface area contributed by atoms with Crippen LogP contribution in [-0.4, -0.2) is 59.3 Å². The second-order valence-electron chi connectivity index (χ2n) is 8.83. The zero-order valence-corrected chi connectivity index (χ0v) is 23.4. The summed E-state index contributed by atoms with van der Waals surface area (Å²) in [5, 5.41) is 9.94. The number of rotatable bonds is 11. The van der Waals surface area contributed by atoms with E-state index in [-0.39, 0.29) is 16.8 Å². The maximum atomic E-state index is 13.6. The molecule has 0 unspecified atom stereocenters. The standard InChI is InChI=1S/C28H30N2O11/c1-15(31)37-14-23(38-16(2)32)26(40-18(4)34)27(41-19(5)35)25(39-17(3)33)22-12-21(13-29)24(28(36)30(22)6)20-10-8-7-9-11-20/h7-12,23,25-27H,14H2,1-6H3/t23-,25-,26-,27+/m1/s1. The third-order valence-electron chi connectivity index (χ3n) is 5.60. The number of ether oxygens (including phenoxy) is 5. The number of benzene rings is 1. The Morgan fingerprint density at radius 2 is 1.34 bits per heavy atom. The summed E-state index contributed by atoms with van der Waals surface area (Å²) in [6.45, 7) is 4.59. The van der Waals surface area contributed by atoms with Crippen LogP contribution in [0.2, 0.25) is 0 Å². The van der Waals surface area contributed by atoms with Gasteiger partial charge in [0.2, 0.25) is 0 Å². The summed E-state index contributed by atoms with van der Waals surface area (Å²) in [5.74, 6) is -4.36. The highest BCUT2D eigenvalue weighted by Gasteiger charge is 2.45. The Morgan fingerprint density at radius 3 is 1.83 bits per heavy atom. The van der Waals surface area contributed by atoms with Gasteiger partial charge in [-0.15, -0.1) is 0 Å². The quantitative estimate of drug-likeness (QED) is 0.283. The van der Waals surface area contributed by atoms with E-state index >= 15 is 0 Å². The lowest BCUT2D eigenvalue weighted by molar-refractivity contribution is -0.203. The Labute approximate surface area is 235 Å². The fourth-order valence-corrected chi connectivity index (χ4v) is 4.08. The highest BCUT2D eigenvalue weighted by Crippen LogP contribution is 2.32. The lowest BCUT2D eigenvalue weighted by Crippen LogP contribution is -2.51. The first-order chi connectivity index (χ1) is 19.3. The molecule has 0 fully saturated rings. The van der Waals surface area contributed by atoms with Gasteiger partial charge >= 0.3 is 29.8 Å². The van der Waals surface area contributed by atoms with Crippen molar-refractivity contribution < 1.29 is 47.7 Å². The molecule has 4 atom stereocenters. The topological polar surface area (TPSA) is 177 Å². The third kappa shape index (κ3) is 8.76. The van der Waals surface area contributed by atoms with E-state index < -0.39 is 66.4 Å². The summed E-state index contributed by atoms with van der Waals surface area (Å²) in [6, 6.07) is 11.6. The molecule has 0 saturated carbocycles. The van der Waals surface area contributed by atoms with E-state index in [1.807, 2.05) is 6.07 Å². The summed E-state index contributed by atoms with van der Waals surface area (Å²) in [4.78, 5) is 73.7. The van der Waals surface area contributed by atoms with Gasteiger partial charge in [-0.1, -0.05) is 30.3 Å². The monoisotopic (exact) mass is 570 g/mol. The van der Waals surface area contributed by atoms with Crippen LogP contribution in [0.1, 0.15) is 52.0 Å². The molecule has 0 radical (unpaired) electrons. The Balaban J connectivity index is 2.87. The molecule has 218 valence electrons. The number of hydrogen-bond acceptors (Lipinski definition) is 12. The molecule has 2 aromatic rings. The number of esters is 5. The SMILES string of the molecule is CC(=O)OC[C@@H](OC(C)=O)[C@@H](OC(C)=O)[C@@H](OC(C)=O)[C@H](OC(C)=O)c1cc(C#N)c(-c2ccccc2)c(=O)n1C. The molecule has 41 heavy (non-hydrogen) atoms. The van der Waals surface area contributed by atoms with Crippen LogP contribution in [0.5, 0.6) is 0 Å². The van der Waals surface area contributed by atoms with Crippen LogP contribution < -0.4 is 5.56 Å². The van der Waals surface area contributed by atoms with E-state index in [1.165, 1.54) is 13.1 Å². The molecule has 13 nitrogen and oxygen atoms in total. The lowest BCUT2D eigenvalue weighted by Gasteiger charge is -2.36. The largest absolute Gasteiger partial charge is 0.462 e. The first-order valence-electron chi connectivity index (χ1n) is 12.3. The Hall–Kier alpha value is -4.99. The molecule has 0 aliphatic heterocycles. The van der Waals surface area contributed by atoms with Gasteiger partial charge in [0.1, 0.15) is 12.7 Å². The Kier molecular flexibility index (Phi) is 11.3. The number of carbonyl (C=O) groups is 5. The molecular weight excluding hydrogens is 540 g/mol. The van der Waals surface area contributed by atoms with Gasteiger partial charge in [-0.3, -0.25) is 28.8 Å². The van der Waals surface area contributed by atoms with Crippen molar-refractivity contribution in [1.82, 2.24) is 4.57 Å². The molecule has 13 heteroatoms. The van der Waals surface area contributed by atoms with Crippen molar-refractivity contribution in [2.24, 2.45) is 7.05 Å². The van der Waals surface area contributed by atoms with Gasteiger partial charge in [0.05, 0.1) is 16.8 Å². The number of pyridine rings is 1. The predicted octanol–water partition coefficient (Wildman–Crippen LogP) is 1.89. The Bertz CT molecular complexity index is 1410. The van der Waals surface area contributed by atoms with E-state index in [2.05, 4.69) is 0 Å². The van der Waals surface area contributed by atoms with Crippen LogP contribution in [0.3, 0.4) is 0 Å². The van der Waals surface area contributed by atoms with Gasteiger partial charge < -0.3 is 28.3 Å². The van der Waals surface area contributed by atoms with Crippen molar-refractivity contribution in [3.05, 3.63) is 58.0 Å². The van der Waals surface area contributed by atoms with Gasteiger partial charge in [0.15, 0.2) is 24.4 Å². The summed E-state index contributed by atoms with van der Waals surface area (Å²) in [7, 11) is 1.34. The predicted molar refractivity (Wildman–Crippen MR) is 140 cm³/mol. The minimum Gasteiger partial charge on any atom is -0.462 e. The maximum Gasteiger partial charge on any atom is 0.303 e. The molecule has 1 aromatic carbocycles. The van der Waals surface area contributed by atoms with Crippen LogP contribution in [0, 0.1) is 11.3 Å². The first-order valence-corrected chi connectivity index (χ1v) is 12.3. The fraction of sp³-hybridized carbons (Fsp3) is 0.393. The second-order valence-corrected chi connectivity index (χ2v) is 8.83. The molecule has 0 spiro atoms. The first kappa shape index (κ1) is 32.2. The van der Waals surface area contributed by atoms with Crippen molar-refractivity contribution in [3.8, 4) is 17.2 Å². The van der Waals surface area contributed by atoms with E-state index in [4.69, 9.17) is 23.7 Å². The van der Waals surface area contributed by atoms with Crippen molar-refractivity contribution in [2.45, 2.75) is 59.0 Å². The van der Waals surface area contributed by atoms with E-state index in [1.54, 1.807) is 30.3 Å². The van der Waals surface area contributed by atoms with E-state index in [9.17, 15) is 34.0 Å². The highest BCUT2D eigenvalue weighted by molar-refractivity contribution is 5.71. The minimum absolute atomic E-state index is 0.0640. The van der Waals surface area contributed by atoms with Crippen LogP contribution in [0.25, 0.3) is 11.1 Å². The third-order valence-corrected chi connectivity index (χ3v) is 5.60. The van der Waals surface area contributed by atoms with Gasteiger partial charge in [-0.2, -0.15) is 5.26 Å². The van der Waals surface area contributed by atoms with Gasteiger partial charge in [0, 0.05) is 41.7 Å². The van der Waals surface area contributed by atoms with Crippen LogP contribution in [0.15, 0.2) is 41.2 Å². The maximum absolute atomic E-state index is 13.6. The van der Waals surface area contributed by atoms with E-state index in [0.717, 1.165) is 39.2 Å². The minimum atomic E-state index is -1.75. The summed E-state index contributed by atoms with van der Waals surface area (Å²) >= 11 is 0. The normalized spacial score (nSPS) is 13.4. The summed E-state index contributed by atoms with van der Waals surface area (Å²) < 4.78 is 27.7. The molecular formula is C28H30N2O11. The van der Waals surface area contributed by atoms with Gasteiger partial charge in [-0.05, 0) is 11.6 Å². The Morgan fingerprint density at radius 1 is 0.805 bits per heavy atom. The van der Waals surface area contributed by atoms with Crippen molar-refractivity contribution in [1.29, 1.82) is 5.26 Å². The van der Waals surface area contributed by atoms with Gasteiger partial charge in [-0.25, -0.2) is 0 Å². The summed E-state index contributed by atoms with van der Waals surface area (Å²) in [6.07, 6.45) is -6.68. The second kappa shape index (κ2) is 14.4. The van der Waals surface area contributed by atoms with Crippen LogP contribution in [-0.2, 0) is 54.7 Å². The molecule has 2 rings (SSSR count). The number of nitrogens with zero attached hydrogens (tertiary/aromatic N) is 2. The molecule has 0 aliphatic rings. The number of carbonyl (C=O) groups excluding carboxylic acids is 5. The van der Waals surface area contributed by atoms with Crippen molar-refractivity contribution >= 4 is 29.8 Å². The van der Waals surface area contributed by atoms with E-state index in [0.29, 0.717) is 5.56 Å². The molecule has 0 saturated heterocycles. The number of nitriles is 1. The zero-order valence-electron chi connectivity index (χ0n) is 23.4. The average Bonchev–Trinajstić information content (AvgIpc) is 2.88. The average molecular weight is 571 g/mol. The molecule has 1 heterocycles. The van der Waals surface area contributed by atoms with Crippen molar-refractivity contribution in [2.75, 3.05) is 6.61 Å². The number of hydrogen-bond donors (Lipinski definition) is 0. The molecule has 0 aliphatic carbocycles. The fourth-order valence-electron chi connectivity index (χ4n) is 4.08. The number of aromatic nitrogens is 1. The van der Waals surface area contributed by atoms with Crippen LogP contribution >= 0.6 is 0 Å². The van der Waals surface area contributed by atoms with Crippen LogP contribution in [0.4, 0.5) is 0 Å². The smallest absolute Gasteiger partial charge is 0.303 e. The molecule has 0 N–H and O–H groups in total. The highest BCUT2D eigenvalue weighted by atomic mass is 16.6. The van der Waals surface area contributed by atoms with Crippen molar-refractivity contribution in [3.63, 3.8) is 0 Å². The summed E-state index contributed by atoms with van der Waals surface area (Å²) in [5.41, 5.74) is -0.336.